The first-order valence-corrected chi connectivity index (χ1v) is 8.67. The Labute approximate surface area is 142 Å². The van der Waals surface area contributed by atoms with Crippen LogP contribution in [0.5, 0.6) is 0 Å². The van der Waals surface area contributed by atoms with Gasteiger partial charge in [-0.2, -0.15) is 0 Å². The summed E-state index contributed by atoms with van der Waals surface area (Å²) in [5, 5.41) is 16.0. The summed E-state index contributed by atoms with van der Waals surface area (Å²) in [5.41, 5.74) is 0.512. The summed E-state index contributed by atoms with van der Waals surface area (Å²) in [4.78, 5) is 39.5. The molecule has 1 aromatic heterocycles. The minimum absolute atomic E-state index is 0.0404. The molecule has 2 bridgehead atoms. The molecule has 1 heterocycles. The highest BCUT2D eigenvalue weighted by Gasteiger charge is 2.48. The molecule has 128 valence electrons. The molecule has 24 heavy (non-hydrogen) atoms. The number of allylic oxidation sites excluding steroid dienone is 2. The van der Waals surface area contributed by atoms with E-state index >= 15 is 0 Å². The zero-order valence-corrected chi connectivity index (χ0v) is 13.9. The van der Waals surface area contributed by atoms with Crippen molar-refractivity contribution in [2.45, 2.75) is 19.8 Å². The zero-order chi connectivity index (χ0) is 17.3. The first-order chi connectivity index (χ1) is 11.5. The van der Waals surface area contributed by atoms with Gasteiger partial charge in [0.2, 0.25) is 5.91 Å². The zero-order valence-electron chi connectivity index (χ0n) is 13.1. The Kier molecular flexibility index (Phi) is 4.66. The summed E-state index contributed by atoms with van der Waals surface area (Å²) < 4.78 is 4.85. The topological polar surface area (TPSA) is 108 Å². The summed E-state index contributed by atoms with van der Waals surface area (Å²) in [6.45, 7) is 2.02. The van der Waals surface area contributed by atoms with E-state index in [9.17, 15) is 19.5 Å². The van der Waals surface area contributed by atoms with E-state index in [1.807, 2.05) is 12.2 Å². The average molecular weight is 349 g/mol. The van der Waals surface area contributed by atoms with Gasteiger partial charge in [0.25, 0.3) is 0 Å². The van der Waals surface area contributed by atoms with Crippen molar-refractivity contribution in [1.82, 2.24) is 4.98 Å². The Hall–Kier alpha value is -2.22. The van der Waals surface area contributed by atoms with Crippen molar-refractivity contribution in [2.24, 2.45) is 23.7 Å². The number of nitrogens with zero attached hydrogens (tertiary/aromatic N) is 1. The van der Waals surface area contributed by atoms with Crippen LogP contribution < -0.4 is 10.4 Å². The number of thiazole rings is 1. The number of carbonyl (C=O) groups excluding carboxylic acids is 3. The number of carboxylic acid groups (broad SMARTS) is 1. The second-order valence-electron chi connectivity index (χ2n) is 5.93. The Morgan fingerprint density at radius 1 is 1.33 bits per heavy atom. The Balaban J connectivity index is 1.65. The molecule has 4 atom stereocenters. The van der Waals surface area contributed by atoms with Crippen molar-refractivity contribution in [3.63, 3.8) is 0 Å². The van der Waals surface area contributed by atoms with Gasteiger partial charge in [0.15, 0.2) is 5.13 Å². The second kappa shape index (κ2) is 6.72. The van der Waals surface area contributed by atoms with Crippen LogP contribution in [0.2, 0.25) is 0 Å². The molecule has 0 aromatic carbocycles. The molecule has 1 fully saturated rings. The highest BCUT2D eigenvalue weighted by atomic mass is 32.1. The fraction of sp³-hybridized carbons (Fsp3) is 0.500. The lowest BCUT2D eigenvalue weighted by atomic mass is 9.82. The third-order valence-corrected chi connectivity index (χ3v) is 5.25. The van der Waals surface area contributed by atoms with Crippen molar-refractivity contribution < 1.29 is 24.2 Å². The predicted molar refractivity (Wildman–Crippen MR) is 83.8 cm³/mol. The second-order valence-corrected chi connectivity index (χ2v) is 6.79. The number of ether oxygens (including phenoxy) is 1. The van der Waals surface area contributed by atoms with Crippen LogP contribution in [-0.4, -0.2) is 29.4 Å². The van der Waals surface area contributed by atoms with Gasteiger partial charge >= 0.3 is 5.97 Å². The SMILES string of the molecule is CCOC(=O)Cc1csc(NC(=O)[C@@H]2[C@@H](C(=O)[O-])[C@H]3C=C[C@H]2C3)n1. The van der Waals surface area contributed by atoms with Gasteiger partial charge in [-0.15, -0.1) is 11.3 Å². The maximum atomic E-state index is 12.5. The molecule has 0 spiro atoms. The molecule has 1 saturated carbocycles. The van der Waals surface area contributed by atoms with Crippen LogP contribution in [0.4, 0.5) is 5.13 Å². The number of esters is 1. The number of rotatable bonds is 6. The van der Waals surface area contributed by atoms with Gasteiger partial charge in [-0.1, -0.05) is 12.2 Å². The number of hydrogen-bond acceptors (Lipinski definition) is 7. The fourth-order valence-corrected chi connectivity index (χ4v) is 4.21. The number of amides is 1. The minimum Gasteiger partial charge on any atom is -0.550 e. The molecule has 1 N–H and O–H groups in total. The number of carbonyl (C=O) groups is 3. The average Bonchev–Trinajstić information content (AvgIpc) is 3.22. The molecule has 1 amide bonds. The number of nitrogens with one attached hydrogen (secondary N) is 1. The van der Waals surface area contributed by atoms with E-state index in [0.717, 1.165) is 0 Å². The maximum absolute atomic E-state index is 12.5. The van der Waals surface area contributed by atoms with E-state index < -0.39 is 17.8 Å². The van der Waals surface area contributed by atoms with Gasteiger partial charge in [0.05, 0.1) is 24.6 Å². The summed E-state index contributed by atoms with van der Waals surface area (Å²) in [7, 11) is 0. The highest BCUT2D eigenvalue weighted by Crippen LogP contribution is 2.48. The van der Waals surface area contributed by atoms with E-state index in [0.29, 0.717) is 23.9 Å². The van der Waals surface area contributed by atoms with Crippen LogP contribution in [0.3, 0.4) is 0 Å². The Morgan fingerprint density at radius 2 is 2.04 bits per heavy atom. The van der Waals surface area contributed by atoms with Crippen LogP contribution in [0.25, 0.3) is 0 Å². The molecule has 0 saturated heterocycles. The minimum atomic E-state index is -1.19. The molecule has 2 aliphatic carbocycles. The van der Waals surface area contributed by atoms with Crippen LogP contribution in [0, 0.1) is 23.7 Å². The summed E-state index contributed by atoms with van der Waals surface area (Å²) >= 11 is 1.19. The van der Waals surface area contributed by atoms with Crippen molar-refractivity contribution in [1.29, 1.82) is 0 Å². The molecular weight excluding hydrogens is 332 g/mol. The smallest absolute Gasteiger partial charge is 0.311 e. The number of hydrogen-bond donors (Lipinski definition) is 1. The van der Waals surface area contributed by atoms with Gasteiger partial charge in [-0.3, -0.25) is 9.59 Å². The molecule has 0 aliphatic heterocycles. The molecule has 3 rings (SSSR count). The van der Waals surface area contributed by atoms with Crippen LogP contribution in [0.15, 0.2) is 17.5 Å². The first-order valence-electron chi connectivity index (χ1n) is 7.79. The largest absolute Gasteiger partial charge is 0.550 e. The molecule has 2 aliphatic rings. The van der Waals surface area contributed by atoms with Gasteiger partial charge in [0.1, 0.15) is 0 Å². The number of fused-ring (bicyclic) bond motifs is 2. The predicted octanol–water partition coefficient (Wildman–Crippen LogP) is 0.375. The molecule has 0 radical (unpaired) electrons. The number of carboxylic acids is 1. The lowest BCUT2D eigenvalue weighted by Gasteiger charge is -2.27. The van der Waals surface area contributed by atoms with Gasteiger partial charge in [0, 0.05) is 17.3 Å². The monoisotopic (exact) mass is 349 g/mol. The van der Waals surface area contributed by atoms with Crippen molar-refractivity contribution >= 4 is 34.3 Å². The maximum Gasteiger partial charge on any atom is 0.311 e. The van der Waals surface area contributed by atoms with Crippen molar-refractivity contribution in [3.8, 4) is 0 Å². The molecular formula is C16H17N2O5S-. The molecule has 1 aromatic rings. The summed E-state index contributed by atoms with van der Waals surface area (Å²) in [6.07, 6.45) is 4.47. The van der Waals surface area contributed by atoms with Gasteiger partial charge in [-0.05, 0) is 25.2 Å². The Bertz CT molecular complexity index is 698. The molecule has 8 heteroatoms. The third kappa shape index (κ3) is 3.19. The van der Waals surface area contributed by atoms with Crippen molar-refractivity contribution in [2.75, 3.05) is 11.9 Å². The van der Waals surface area contributed by atoms with E-state index in [1.165, 1.54) is 11.3 Å². The number of aromatic nitrogens is 1. The lowest BCUT2D eigenvalue weighted by Crippen LogP contribution is -2.42. The molecule has 7 nitrogen and oxygen atoms in total. The van der Waals surface area contributed by atoms with Crippen LogP contribution >= 0.6 is 11.3 Å². The summed E-state index contributed by atoms with van der Waals surface area (Å²) in [5.74, 6) is -3.56. The van der Waals surface area contributed by atoms with E-state index in [2.05, 4.69) is 10.3 Å². The Morgan fingerprint density at radius 3 is 2.71 bits per heavy atom. The van der Waals surface area contributed by atoms with Gasteiger partial charge in [-0.25, -0.2) is 4.98 Å². The standard InChI is InChI=1S/C16H18N2O5S/c1-2-23-11(19)6-10-7-24-16(17-10)18-14(20)12-8-3-4-9(5-8)13(12)15(21)22/h3-4,7-9,12-13H,2,5-6H2,1H3,(H,21,22)(H,17,18,20)/p-1/t8-,9-,12-,13-/m0/s1. The molecule has 0 unspecified atom stereocenters. The first kappa shape index (κ1) is 16.6. The van der Waals surface area contributed by atoms with E-state index in [-0.39, 0.29) is 30.1 Å². The number of anilines is 1. The lowest BCUT2D eigenvalue weighted by molar-refractivity contribution is -0.313. The highest BCUT2D eigenvalue weighted by molar-refractivity contribution is 7.13. The summed E-state index contributed by atoms with van der Waals surface area (Å²) in [6, 6.07) is 0. The van der Waals surface area contributed by atoms with Crippen LogP contribution in [-0.2, 0) is 25.5 Å². The third-order valence-electron chi connectivity index (χ3n) is 4.45. The quantitative estimate of drug-likeness (QED) is 0.587. The van der Waals surface area contributed by atoms with E-state index in [4.69, 9.17) is 4.74 Å². The fourth-order valence-electron chi connectivity index (χ4n) is 3.50. The normalized spacial score (nSPS) is 27.2. The number of aliphatic carboxylic acids is 1. The van der Waals surface area contributed by atoms with Crippen LogP contribution in [0.1, 0.15) is 19.0 Å². The van der Waals surface area contributed by atoms with Gasteiger partial charge < -0.3 is 20.0 Å². The van der Waals surface area contributed by atoms with Crippen molar-refractivity contribution in [3.05, 3.63) is 23.2 Å². The van der Waals surface area contributed by atoms with E-state index in [1.54, 1.807) is 12.3 Å².